The molecule has 0 aromatic heterocycles. The van der Waals surface area contributed by atoms with E-state index in [2.05, 4.69) is 12.2 Å². The molecule has 0 bridgehead atoms. The van der Waals surface area contributed by atoms with Gasteiger partial charge in [-0.3, -0.25) is 4.79 Å². The predicted octanol–water partition coefficient (Wildman–Crippen LogP) is 4.09. The van der Waals surface area contributed by atoms with Crippen molar-refractivity contribution >= 4 is 24.0 Å². The van der Waals surface area contributed by atoms with E-state index < -0.39 is 0 Å². The van der Waals surface area contributed by atoms with E-state index in [9.17, 15) is 4.79 Å². The fourth-order valence-corrected chi connectivity index (χ4v) is 3.17. The van der Waals surface area contributed by atoms with E-state index in [4.69, 9.17) is 5.73 Å². The van der Waals surface area contributed by atoms with Crippen LogP contribution in [0.1, 0.15) is 61.4 Å². The minimum absolute atomic E-state index is 0. The molecule has 118 valence electrons. The Morgan fingerprint density at radius 2 is 2.14 bits per heavy atom. The fraction of sp³-hybridized carbons (Fsp3) is 0.588. The van der Waals surface area contributed by atoms with E-state index >= 15 is 0 Å². The molecule has 2 atom stereocenters. The van der Waals surface area contributed by atoms with Gasteiger partial charge in [0.25, 0.3) is 5.91 Å². The van der Waals surface area contributed by atoms with Crippen LogP contribution in [-0.4, -0.2) is 11.9 Å². The van der Waals surface area contributed by atoms with Crippen LogP contribution in [0.15, 0.2) is 18.2 Å². The number of benzene rings is 1. The first-order valence-corrected chi connectivity index (χ1v) is 7.78. The second-order valence-corrected chi connectivity index (χ2v) is 5.99. The summed E-state index contributed by atoms with van der Waals surface area (Å²) in [6.07, 6.45) is 7.31. The highest BCUT2D eigenvalue weighted by Crippen LogP contribution is 2.30. The molecule has 3 N–H and O–H groups in total. The third kappa shape index (κ3) is 4.63. The zero-order valence-electron chi connectivity index (χ0n) is 13.0. The van der Waals surface area contributed by atoms with Crippen molar-refractivity contribution in [3.05, 3.63) is 29.3 Å². The molecule has 1 aliphatic rings. The molecular weight excluding hydrogens is 284 g/mol. The van der Waals surface area contributed by atoms with Crippen LogP contribution in [0.5, 0.6) is 0 Å². The summed E-state index contributed by atoms with van der Waals surface area (Å²) in [6.45, 7) is 4.18. The minimum atomic E-state index is 0. The average molecular weight is 311 g/mol. The van der Waals surface area contributed by atoms with Crippen molar-refractivity contribution in [3.8, 4) is 0 Å². The number of anilines is 1. The number of nitrogens with two attached hydrogens (primary N) is 1. The molecule has 4 heteroatoms. The Hall–Kier alpha value is -1.22. The van der Waals surface area contributed by atoms with Crippen LogP contribution in [0.25, 0.3) is 0 Å². The zero-order valence-corrected chi connectivity index (χ0v) is 13.8. The van der Waals surface area contributed by atoms with Crippen LogP contribution in [-0.2, 0) is 0 Å². The Balaban J connectivity index is 0.00000220. The molecule has 3 nitrogen and oxygen atoms in total. The molecule has 1 fully saturated rings. The third-order valence-electron chi connectivity index (χ3n) is 4.41. The van der Waals surface area contributed by atoms with Crippen molar-refractivity contribution < 1.29 is 4.79 Å². The molecule has 1 saturated carbocycles. The molecule has 0 aliphatic heterocycles. The summed E-state index contributed by atoms with van der Waals surface area (Å²) >= 11 is 0. The van der Waals surface area contributed by atoms with Crippen molar-refractivity contribution in [2.24, 2.45) is 5.92 Å². The molecule has 1 aliphatic carbocycles. The summed E-state index contributed by atoms with van der Waals surface area (Å²) < 4.78 is 0. The van der Waals surface area contributed by atoms with E-state index in [0.29, 0.717) is 23.2 Å². The van der Waals surface area contributed by atoms with E-state index in [1.54, 1.807) is 6.07 Å². The lowest BCUT2D eigenvalue weighted by Crippen LogP contribution is -2.37. The summed E-state index contributed by atoms with van der Waals surface area (Å²) in [5, 5.41) is 3.23. The predicted molar refractivity (Wildman–Crippen MR) is 91.0 cm³/mol. The summed E-state index contributed by atoms with van der Waals surface area (Å²) in [7, 11) is 0. The zero-order chi connectivity index (χ0) is 14.5. The van der Waals surface area contributed by atoms with Gasteiger partial charge in [0.2, 0.25) is 0 Å². The van der Waals surface area contributed by atoms with Gasteiger partial charge in [0, 0.05) is 17.3 Å². The van der Waals surface area contributed by atoms with Gasteiger partial charge >= 0.3 is 0 Å². The van der Waals surface area contributed by atoms with Gasteiger partial charge in [-0.05, 0) is 49.8 Å². The number of carbonyl (C=O) groups excluding carboxylic acids is 1. The number of nitrogens with one attached hydrogen (secondary N) is 1. The van der Waals surface area contributed by atoms with E-state index in [0.717, 1.165) is 12.0 Å². The molecule has 1 aromatic rings. The van der Waals surface area contributed by atoms with E-state index in [1.807, 2.05) is 19.1 Å². The van der Waals surface area contributed by atoms with Crippen LogP contribution in [0.2, 0.25) is 0 Å². The Morgan fingerprint density at radius 3 is 2.86 bits per heavy atom. The number of amides is 1. The standard InChI is InChI=1S/C17H26N2O.ClH/c1-3-4-6-13-7-5-8-16(13)19-17(20)15-11-14(18)10-9-12(15)2;/h9-11,13,16H,3-8,18H2,1-2H3,(H,19,20);1H. The third-order valence-corrected chi connectivity index (χ3v) is 4.41. The average Bonchev–Trinajstić information content (AvgIpc) is 2.86. The molecule has 1 amide bonds. The quantitative estimate of drug-likeness (QED) is 0.805. The number of aryl methyl sites for hydroxylation is 1. The summed E-state index contributed by atoms with van der Waals surface area (Å²) in [5.41, 5.74) is 8.13. The lowest BCUT2D eigenvalue weighted by molar-refractivity contribution is 0.0926. The second-order valence-electron chi connectivity index (χ2n) is 5.99. The Labute approximate surface area is 134 Å². The molecule has 1 aromatic carbocycles. The van der Waals surface area contributed by atoms with Crippen LogP contribution in [0, 0.1) is 12.8 Å². The molecule has 0 radical (unpaired) electrons. The van der Waals surface area contributed by atoms with Crippen LogP contribution in [0.3, 0.4) is 0 Å². The Kier molecular flexibility index (Phi) is 7.03. The minimum Gasteiger partial charge on any atom is -0.399 e. The Morgan fingerprint density at radius 1 is 1.38 bits per heavy atom. The fourth-order valence-electron chi connectivity index (χ4n) is 3.17. The van der Waals surface area contributed by atoms with Gasteiger partial charge in [-0.2, -0.15) is 0 Å². The molecule has 21 heavy (non-hydrogen) atoms. The van der Waals surface area contributed by atoms with Crippen LogP contribution < -0.4 is 11.1 Å². The van der Waals surface area contributed by atoms with Crippen LogP contribution in [0.4, 0.5) is 5.69 Å². The van der Waals surface area contributed by atoms with Crippen molar-refractivity contribution in [1.29, 1.82) is 0 Å². The number of hydrogen-bond acceptors (Lipinski definition) is 2. The lowest BCUT2D eigenvalue weighted by Gasteiger charge is -2.21. The van der Waals surface area contributed by atoms with Gasteiger partial charge < -0.3 is 11.1 Å². The monoisotopic (exact) mass is 310 g/mol. The van der Waals surface area contributed by atoms with Crippen molar-refractivity contribution in [3.63, 3.8) is 0 Å². The highest BCUT2D eigenvalue weighted by Gasteiger charge is 2.28. The molecule has 0 spiro atoms. The smallest absolute Gasteiger partial charge is 0.251 e. The van der Waals surface area contributed by atoms with Gasteiger partial charge in [0.05, 0.1) is 0 Å². The Bertz CT molecular complexity index is 476. The molecule has 2 unspecified atom stereocenters. The van der Waals surface area contributed by atoms with Gasteiger partial charge in [-0.1, -0.05) is 32.3 Å². The van der Waals surface area contributed by atoms with Gasteiger partial charge in [0.1, 0.15) is 0 Å². The SMILES string of the molecule is CCCCC1CCCC1NC(=O)c1cc(N)ccc1C.Cl. The van der Waals surface area contributed by atoms with Crippen molar-refractivity contribution in [1.82, 2.24) is 5.32 Å². The van der Waals surface area contributed by atoms with Gasteiger partial charge in [-0.25, -0.2) is 0 Å². The maximum absolute atomic E-state index is 12.4. The number of nitrogen functional groups attached to an aromatic ring is 1. The first kappa shape index (κ1) is 17.8. The summed E-state index contributed by atoms with van der Waals surface area (Å²) in [6, 6.07) is 5.87. The topological polar surface area (TPSA) is 55.1 Å². The molecule has 0 heterocycles. The molecule has 0 saturated heterocycles. The first-order chi connectivity index (χ1) is 9.61. The highest BCUT2D eigenvalue weighted by atomic mass is 35.5. The lowest BCUT2D eigenvalue weighted by atomic mass is 9.96. The maximum atomic E-state index is 12.4. The second kappa shape index (κ2) is 8.28. The molecule has 2 rings (SSSR count). The normalized spacial score (nSPS) is 20.9. The van der Waals surface area contributed by atoms with Crippen LogP contribution >= 0.6 is 12.4 Å². The highest BCUT2D eigenvalue weighted by molar-refractivity contribution is 5.96. The number of hydrogen-bond donors (Lipinski definition) is 2. The largest absolute Gasteiger partial charge is 0.399 e. The number of rotatable bonds is 5. The van der Waals surface area contributed by atoms with Crippen molar-refractivity contribution in [2.45, 2.75) is 58.4 Å². The number of halogens is 1. The first-order valence-electron chi connectivity index (χ1n) is 7.78. The van der Waals surface area contributed by atoms with Gasteiger partial charge in [0.15, 0.2) is 0 Å². The van der Waals surface area contributed by atoms with E-state index in [-0.39, 0.29) is 18.3 Å². The number of unbranched alkanes of at least 4 members (excludes halogenated alkanes) is 1. The molecular formula is C17H27ClN2O. The number of carbonyl (C=O) groups is 1. The summed E-state index contributed by atoms with van der Waals surface area (Å²) in [5.74, 6) is 0.684. The van der Waals surface area contributed by atoms with Crippen molar-refractivity contribution in [2.75, 3.05) is 5.73 Å². The van der Waals surface area contributed by atoms with E-state index in [1.165, 1.54) is 32.1 Å². The maximum Gasteiger partial charge on any atom is 0.251 e. The summed E-state index contributed by atoms with van der Waals surface area (Å²) in [4.78, 5) is 12.4. The van der Waals surface area contributed by atoms with Gasteiger partial charge in [-0.15, -0.1) is 12.4 Å².